The average molecular weight is 519 g/mol. The van der Waals surface area contributed by atoms with E-state index in [2.05, 4.69) is 20.9 Å². The summed E-state index contributed by atoms with van der Waals surface area (Å²) in [6, 6.07) is 2.29. The third-order valence-corrected chi connectivity index (χ3v) is 5.72. The highest BCUT2D eigenvalue weighted by Crippen LogP contribution is 2.19. The second kappa shape index (κ2) is 13.9. The molecule has 10 N–H and O–H groups in total. The number of carbonyl (C=O) groups excluding carboxylic acids is 3. The number of para-hydroxylation sites is 1. The van der Waals surface area contributed by atoms with Crippen molar-refractivity contribution in [3.05, 3.63) is 36.0 Å². The molecule has 1 heterocycles. The summed E-state index contributed by atoms with van der Waals surface area (Å²) in [5.41, 5.74) is 12.4. The number of rotatable bonds is 15. The van der Waals surface area contributed by atoms with Crippen LogP contribution in [0.4, 0.5) is 0 Å². The Morgan fingerprint density at radius 3 is 2.16 bits per heavy atom. The van der Waals surface area contributed by atoms with E-state index in [0.717, 1.165) is 10.9 Å². The highest BCUT2D eigenvalue weighted by atomic mass is 16.4. The van der Waals surface area contributed by atoms with Crippen LogP contribution in [-0.4, -0.2) is 75.6 Å². The lowest BCUT2D eigenvalue weighted by molar-refractivity contribution is -0.143. The van der Waals surface area contributed by atoms with Gasteiger partial charge in [-0.1, -0.05) is 18.2 Å². The van der Waals surface area contributed by atoms with Crippen molar-refractivity contribution < 1.29 is 34.2 Å². The quantitative estimate of drug-likeness (QED) is 0.138. The summed E-state index contributed by atoms with van der Waals surface area (Å²) >= 11 is 0. The van der Waals surface area contributed by atoms with Crippen LogP contribution in [0.25, 0.3) is 10.9 Å². The molecule has 13 heteroatoms. The molecule has 0 bridgehead atoms. The Morgan fingerprint density at radius 1 is 0.919 bits per heavy atom. The Balaban J connectivity index is 2.31. The van der Waals surface area contributed by atoms with Gasteiger partial charge in [0, 0.05) is 23.5 Å². The fraction of sp³-hybridized carbons (Fsp3) is 0.458. The van der Waals surface area contributed by atoms with Gasteiger partial charge in [0.2, 0.25) is 17.7 Å². The van der Waals surface area contributed by atoms with Crippen LogP contribution in [0.1, 0.15) is 38.2 Å². The molecule has 0 saturated carbocycles. The fourth-order valence-electron chi connectivity index (χ4n) is 3.71. The Hall–Kier alpha value is -3.97. The van der Waals surface area contributed by atoms with E-state index in [9.17, 15) is 34.2 Å². The molecule has 2 rings (SSSR count). The smallest absolute Gasteiger partial charge is 0.326 e. The molecule has 2 aromatic rings. The highest BCUT2D eigenvalue weighted by Gasteiger charge is 2.31. The average Bonchev–Trinajstić information content (AvgIpc) is 3.24. The molecule has 0 spiro atoms. The minimum atomic E-state index is -1.51. The van der Waals surface area contributed by atoms with Gasteiger partial charge in [0.25, 0.3) is 0 Å². The fourth-order valence-corrected chi connectivity index (χ4v) is 3.71. The number of unbranched alkanes of at least 4 members (excludes halogenated alkanes) is 1. The summed E-state index contributed by atoms with van der Waals surface area (Å²) < 4.78 is 0. The molecule has 3 amide bonds. The molecule has 0 saturated heterocycles. The van der Waals surface area contributed by atoms with Crippen molar-refractivity contribution in [3.63, 3.8) is 0 Å². The van der Waals surface area contributed by atoms with Crippen molar-refractivity contribution in [2.75, 3.05) is 6.54 Å². The lowest BCUT2D eigenvalue weighted by Crippen LogP contribution is -2.57. The second-order valence-electron chi connectivity index (χ2n) is 8.76. The molecule has 37 heavy (non-hydrogen) atoms. The largest absolute Gasteiger partial charge is 0.481 e. The van der Waals surface area contributed by atoms with Crippen LogP contribution < -0.4 is 27.4 Å². The van der Waals surface area contributed by atoms with Crippen LogP contribution >= 0.6 is 0 Å². The molecule has 0 aliphatic rings. The summed E-state index contributed by atoms with van der Waals surface area (Å²) in [6.45, 7) is 1.74. The van der Waals surface area contributed by atoms with E-state index in [0.29, 0.717) is 24.9 Å². The first-order valence-electron chi connectivity index (χ1n) is 11.9. The van der Waals surface area contributed by atoms with Gasteiger partial charge in [-0.15, -0.1) is 0 Å². The molecule has 4 atom stereocenters. The number of nitrogens with one attached hydrogen (secondary N) is 4. The van der Waals surface area contributed by atoms with Crippen LogP contribution in [0.3, 0.4) is 0 Å². The number of fused-ring (bicyclic) bond motifs is 1. The molecule has 0 aliphatic carbocycles. The van der Waals surface area contributed by atoms with Crippen LogP contribution in [0.5, 0.6) is 0 Å². The number of H-pyrrole nitrogens is 1. The summed E-state index contributed by atoms with van der Waals surface area (Å²) in [7, 11) is 0. The number of carboxylic acid groups (broad SMARTS) is 2. The van der Waals surface area contributed by atoms with E-state index in [-0.39, 0.29) is 12.8 Å². The number of aromatic nitrogens is 1. The van der Waals surface area contributed by atoms with Crippen molar-refractivity contribution in [3.8, 4) is 0 Å². The topological polar surface area (TPSA) is 230 Å². The Morgan fingerprint density at radius 2 is 1.54 bits per heavy atom. The maximum Gasteiger partial charge on any atom is 0.326 e. The zero-order chi connectivity index (χ0) is 27.5. The monoisotopic (exact) mass is 518 g/mol. The minimum absolute atomic E-state index is 0.0300. The van der Waals surface area contributed by atoms with Gasteiger partial charge in [-0.2, -0.15) is 0 Å². The number of carboxylic acids is 2. The number of amides is 3. The van der Waals surface area contributed by atoms with Crippen molar-refractivity contribution >= 4 is 40.6 Å². The number of hydrogen-bond donors (Lipinski definition) is 8. The first-order chi connectivity index (χ1) is 17.5. The lowest BCUT2D eigenvalue weighted by atomic mass is 10.0. The second-order valence-corrected chi connectivity index (χ2v) is 8.76. The number of aliphatic carboxylic acids is 2. The van der Waals surface area contributed by atoms with Crippen molar-refractivity contribution in [1.29, 1.82) is 0 Å². The number of benzene rings is 1. The van der Waals surface area contributed by atoms with Gasteiger partial charge in [-0.05, 0) is 44.4 Å². The molecule has 13 nitrogen and oxygen atoms in total. The maximum absolute atomic E-state index is 13.2. The molecule has 0 aliphatic heterocycles. The molecule has 1 aromatic heterocycles. The third-order valence-electron chi connectivity index (χ3n) is 5.72. The van der Waals surface area contributed by atoms with Crippen LogP contribution in [0.2, 0.25) is 0 Å². The summed E-state index contributed by atoms with van der Waals surface area (Å²) in [4.78, 5) is 64.4. The number of hydrogen-bond acceptors (Lipinski definition) is 7. The zero-order valence-corrected chi connectivity index (χ0v) is 20.5. The van der Waals surface area contributed by atoms with Gasteiger partial charge >= 0.3 is 11.9 Å². The van der Waals surface area contributed by atoms with Crippen LogP contribution in [0, 0.1) is 0 Å². The highest BCUT2D eigenvalue weighted by molar-refractivity contribution is 5.96. The van der Waals surface area contributed by atoms with Crippen molar-refractivity contribution in [2.45, 2.75) is 63.2 Å². The summed E-state index contributed by atoms with van der Waals surface area (Å²) in [5, 5.41) is 26.8. The molecule has 4 unspecified atom stereocenters. The molecule has 202 valence electrons. The van der Waals surface area contributed by atoms with Gasteiger partial charge in [0.15, 0.2) is 0 Å². The van der Waals surface area contributed by atoms with Crippen LogP contribution in [-0.2, 0) is 30.4 Å². The van der Waals surface area contributed by atoms with Gasteiger partial charge < -0.3 is 42.6 Å². The standard InChI is InChI=1S/C24H34N6O7/c1-13(26)21(33)29-19(11-20(31)32)23(35)30-18(10-14-12-27-16-7-3-2-6-15(14)16)22(34)28-17(24(36)37)8-4-5-9-25/h2-3,6-7,12-13,17-19,27H,4-5,8-11,25-26H2,1H3,(H,28,34)(H,29,33)(H,30,35)(H,31,32)(H,36,37). The molecular formula is C24H34N6O7. The Kier molecular flexibility index (Phi) is 11.0. The van der Waals surface area contributed by atoms with Gasteiger partial charge in [-0.3, -0.25) is 19.2 Å². The molecule has 0 fully saturated rings. The van der Waals surface area contributed by atoms with Crippen molar-refractivity contribution in [2.24, 2.45) is 11.5 Å². The molecule has 0 radical (unpaired) electrons. The minimum Gasteiger partial charge on any atom is -0.481 e. The van der Waals surface area contributed by atoms with E-state index in [1.807, 2.05) is 18.2 Å². The van der Waals surface area contributed by atoms with Crippen molar-refractivity contribution in [1.82, 2.24) is 20.9 Å². The first kappa shape index (κ1) is 29.3. The Bertz CT molecular complexity index is 1120. The lowest BCUT2D eigenvalue weighted by Gasteiger charge is -2.24. The van der Waals surface area contributed by atoms with Crippen LogP contribution in [0.15, 0.2) is 30.5 Å². The number of nitrogens with two attached hydrogens (primary N) is 2. The number of aromatic amines is 1. The van der Waals surface area contributed by atoms with E-state index in [1.54, 1.807) is 12.3 Å². The van der Waals surface area contributed by atoms with E-state index >= 15 is 0 Å². The zero-order valence-electron chi connectivity index (χ0n) is 20.5. The summed E-state index contributed by atoms with van der Waals surface area (Å²) in [5.74, 6) is -5.04. The predicted octanol–water partition coefficient (Wildman–Crippen LogP) is -0.800. The molecular weight excluding hydrogens is 484 g/mol. The SMILES string of the molecule is CC(N)C(=O)NC(CC(=O)O)C(=O)NC(Cc1c[nH]c2ccccc12)C(=O)NC(CCCCN)C(=O)O. The van der Waals surface area contributed by atoms with E-state index in [1.165, 1.54) is 6.92 Å². The molecule has 1 aromatic carbocycles. The van der Waals surface area contributed by atoms with Gasteiger partial charge in [0.1, 0.15) is 18.1 Å². The predicted molar refractivity (Wildman–Crippen MR) is 134 cm³/mol. The van der Waals surface area contributed by atoms with Gasteiger partial charge in [0.05, 0.1) is 12.5 Å². The summed E-state index contributed by atoms with van der Waals surface area (Å²) in [6.07, 6.45) is 2.07. The first-order valence-corrected chi connectivity index (χ1v) is 11.9. The third kappa shape index (κ3) is 8.88. The van der Waals surface area contributed by atoms with E-state index in [4.69, 9.17) is 11.5 Å². The Labute approximate surface area is 213 Å². The van der Waals surface area contributed by atoms with Gasteiger partial charge in [-0.25, -0.2) is 4.79 Å². The maximum atomic E-state index is 13.2. The normalized spacial score (nSPS) is 14.2. The van der Waals surface area contributed by atoms with E-state index < -0.39 is 60.2 Å². The number of carbonyl (C=O) groups is 5.